The summed E-state index contributed by atoms with van der Waals surface area (Å²) in [7, 11) is 0. The molecule has 1 aromatic heterocycles. The van der Waals surface area contributed by atoms with Gasteiger partial charge in [-0.3, -0.25) is 0 Å². The van der Waals surface area contributed by atoms with Crippen LogP contribution in [0.2, 0.25) is 0 Å². The van der Waals surface area contributed by atoms with E-state index in [1.807, 2.05) is 30.3 Å². The van der Waals surface area contributed by atoms with Crippen LogP contribution in [0, 0.1) is 0 Å². The molecule has 0 amide bonds. The number of anilines is 1. The Bertz CT molecular complexity index is 544. The van der Waals surface area contributed by atoms with E-state index >= 15 is 0 Å². The molecule has 0 atom stereocenters. The number of nitrogens with two attached hydrogens (primary N) is 1. The van der Waals surface area contributed by atoms with E-state index in [0.29, 0.717) is 12.5 Å². The van der Waals surface area contributed by atoms with E-state index in [2.05, 4.69) is 20.8 Å². The van der Waals surface area contributed by atoms with Gasteiger partial charge in [-0.25, -0.2) is 0 Å². The van der Waals surface area contributed by atoms with Crippen molar-refractivity contribution in [3.05, 3.63) is 30.3 Å². The van der Waals surface area contributed by atoms with Gasteiger partial charge in [0.25, 0.3) is 0 Å². The van der Waals surface area contributed by atoms with E-state index in [1.165, 1.54) is 19.3 Å². The number of nitrogens with one attached hydrogen (secondary N) is 1. The van der Waals surface area contributed by atoms with E-state index in [1.54, 1.807) is 4.68 Å². The summed E-state index contributed by atoms with van der Waals surface area (Å²) in [5.74, 6) is 0.645. The van der Waals surface area contributed by atoms with Gasteiger partial charge >= 0.3 is 0 Å². The average Bonchev–Trinajstić information content (AvgIpc) is 2.95. The first-order valence-electron chi connectivity index (χ1n) is 7.13. The zero-order valence-electron chi connectivity index (χ0n) is 11.5. The topological polar surface area (TPSA) is 81.7 Å². The summed E-state index contributed by atoms with van der Waals surface area (Å²) in [6.07, 6.45) is 5.84. The van der Waals surface area contributed by atoms with Crippen molar-refractivity contribution in [2.45, 2.75) is 37.6 Å². The molecular weight excluding hydrogens is 252 g/mol. The third-order valence-electron chi connectivity index (χ3n) is 3.92. The molecule has 106 valence electrons. The monoisotopic (exact) mass is 272 g/mol. The first kappa shape index (κ1) is 13.1. The molecule has 3 N–H and O–H groups in total. The predicted molar refractivity (Wildman–Crippen MR) is 77.6 cm³/mol. The Labute approximate surface area is 118 Å². The summed E-state index contributed by atoms with van der Waals surface area (Å²) < 4.78 is 1.70. The lowest BCUT2D eigenvalue weighted by molar-refractivity contribution is 0.310. The van der Waals surface area contributed by atoms with Gasteiger partial charge in [0.2, 0.25) is 5.95 Å². The Morgan fingerprint density at radius 1 is 1.15 bits per heavy atom. The maximum absolute atomic E-state index is 6.42. The Balaban J connectivity index is 1.71. The van der Waals surface area contributed by atoms with E-state index in [-0.39, 0.29) is 5.54 Å². The van der Waals surface area contributed by atoms with Crippen molar-refractivity contribution < 1.29 is 0 Å². The summed E-state index contributed by atoms with van der Waals surface area (Å²) >= 11 is 0. The van der Waals surface area contributed by atoms with Crippen molar-refractivity contribution in [1.29, 1.82) is 0 Å². The molecule has 6 heteroatoms. The van der Waals surface area contributed by atoms with Gasteiger partial charge in [0, 0.05) is 12.1 Å². The molecule has 1 saturated carbocycles. The molecule has 0 aliphatic heterocycles. The van der Waals surface area contributed by atoms with Crippen molar-refractivity contribution in [2.24, 2.45) is 5.73 Å². The fourth-order valence-corrected chi connectivity index (χ4v) is 2.73. The lowest BCUT2D eigenvalue weighted by Crippen LogP contribution is -2.48. The van der Waals surface area contributed by atoms with Crippen LogP contribution in [0.5, 0.6) is 0 Å². The fourth-order valence-electron chi connectivity index (χ4n) is 2.73. The average molecular weight is 272 g/mol. The van der Waals surface area contributed by atoms with Crippen molar-refractivity contribution in [3.8, 4) is 5.69 Å². The molecule has 1 fully saturated rings. The quantitative estimate of drug-likeness (QED) is 0.886. The van der Waals surface area contributed by atoms with Crippen LogP contribution < -0.4 is 11.1 Å². The third kappa shape index (κ3) is 2.80. The largest absolute Gasteiger partial charge is 0.351 e. The molecule has 1 aromatic carbocycles. The minimum absolute atomic E-state index is 0.133. The summed E-state index contributed by atoms with van der Waals surface area (Å²) in [5, 5.41) is 15.1. The second-order valence-corrected chi connectivity index (χ2v) is 5.53. The highest BCUT2D eigenvalue weighted by atomic mass is 15.6. The number of hydrogen-bond donors (Lipinski definition) is 2. The van der Waals surface area contributed by atoms with Gasteiger partial charge in [-0.05, 0) is 35.4 Å². The van der Waals surface area contributed by atoms with Crippen molar-refractivity contribution in [1.82, 2.24) is 20.2 Å². The van der Waals surface area contributed by atoms with Crippen LogP contribution in [0.25, 0.3) is 5.69 Å². The molecule has 2 aromatic rings. The molecule has 0 bridgehead atoms. The second-order valence-electron chi connectivity index (χ2n) is 5.53. The molecule has 0 saturated heterocycles. The van der Waals surface area contributed by atoms with Gasteiger partial charge < -0.3 is 11.1 Å². The van der Waals surface area contributed by atoms with Crippen molar-refractivity contribution >= 4 is 5.95 Å². The van der Waals surface area contributed by atoms with Crippen LogP contribution in [-0.4, -0.2) is 32.3 Å². The molecular formula is C14H20N6. The van der Waals surface area contributed by atoms with Gasteiger partial charge in [-0.15, -0.1) is 0 Å². The minimum Gasteiger partial charge on any atom is -0.351 e. The number of nitrogens with zero attached hydrogens (tertiary/aromatic N) is 4. The standard InChI is InChI=1S/C14H20N6/c15-14(9-5-2-6-10-14)11-16-13-17-18-19-20(13)12-7-3-1-4-8-12/h1,3-4,7-8H,2,5-6,9-11,15H2,(H,16,17,19). The lowest BCUT2D eigenvalue weighted by atomic mass is 9.82. The Hall–Kier alpha value is -1.95. The molecule has 1 aliphatic carbocycles. The molecule has 1 aliphatic rings. The van der Waals surface area contributed by atoms with Gasteiger partial charge in [-0.1, -0.05) is 42.6 Å². The molecule has 0 radical (unpaired) electrons. The van der Waals surface area contributed by atoms with Crippen molar-refractivity contribution in [3.63, 3.8) is 0 Å². The first-order valence-corrected chi connectivity index (χ1v) is 7.13. The van der Waals surface area contributed by atoms with Gasteiger partial charge in [0.05, 0.1) is 5.69 Å². The smallest absolute Gasteiger partial charge is 0.247 e. The number of rotatable bonds is 4. The maximum Gasteiger partial charge on any atom is 0.247 e. The maximum atomic E-state index is 6.42. The first-order chi connectivity index (χ1) is 9.77. The number of aromatic nitrogens is 4. The van der Waals surface area contributed by atoms with E-state index in [4.69, 9.17) is 5.73 Å². The highest BCUT2D eigenvalue weighted by Gasteiger charge is 2.27. The fraction of sp³-hybridized carbons (Fsp3) is 0.500. The molecule has 6 nitrogen and oxygen atoms in total. The van der Waals surface area contributed by atoms with Gasteiger partial charge in [-0.2, -0.15) is 4.68 Å². The number of hydrogen-bond acceptors (Lipinski definition) is 5. The van der Waals surface area contributed by atoms with Crippen LogP contribution >= 0.6 is 0 Å². The number of benzene rings is 1. The van der Waals surface area contributed by atoms with Gasteiger partial charge in [0.15, 0.2) is 0 Å². The zero-order chi connectivity index (χ0) is 13.8. The Morgan fingerprint density at radius 2 is 1.90 bits per heavy atom. The van der Waals surface area contributed by atoms with Crippen LogP contribution in [0.1, 0.15) is 32.1 Å². The van der Waals surface area contributed by atoms with Gasteiger partial charge in [0.1, 0.15) is 0 Å². The SMILES string of the molecule is NC1(CNc2nnnn2-c2ccccc2)CCCCC1. The number of para-hydroxylation sites is 1. The third-order valence-corrected chi connectivity index (χ3v) is 3.92. The Kier molecular flexibility index (Phi) is 3.64. The van der Waals surface area contributed by atoms with Crippen LogP contribution in [0.3, 0.4) is 0 Å². The molecule has 0 unspecified atom stereocenters. The summed E-state index contributed by atoms with van der Waals surface area (Å²) in [6.45, 7) is 0.709. The predicted octanol–water partition coefficient (Wildman–Crippen LogP) is 1.74. The van der Waals surface area contributed by atoms with E-state index in [9.17, 15) is 0 Å². The summed E-state index contributed by atoms with van der Waals surface area (Å²) in [4.78, 5) is 0. The van der Waals surface area contributed by atoms with Crippen LogP contribution in [0.15, 0.2) is 30.3 Å². The van der Waals surface area contributed by atoms with Crippen LogP contribution in [-0.2, 0) is 0 Å². The lowest BCUT2D eigenvalue weighted by Gasteiger charge is -2.33. The molecule has 0 spiro atoms. The second kappa shape index (κ2) is 5.58. The highest BCUT2D eigenvalue weighted by molar-refractivity contribution is 5.38. The molecule has 3 rings (SSSR count). The van der Waals surface area contributed by atoms with E-state index < -0.39 is 0 Å². The number of tetrazole rings is 1. The Morgan fingerprint density at radius 3 is 2.65 bits per heavy atom. The zero-order valence-corrected chi connectivity index (χ0v) is 11.5. The normalized spacial score (nSPS) is 17.9. The molecule has 1 heterocycles. The molecule has 20 heavy (non-hydrogen) atoms. The van der Waals surface area contributed by atoms with E-state index in [0.717, 1.165) is 18.5 Å². The summed E-state index contributed by atoms with van der Waals surface area (Å²) in [6, 6.07) is 9.84. The van der Waals surface area contributed by atoms with Crippen molar-refractivity contribution in [2.75, 3.05) is 11.9 Å². The highest BCUT2D eigenvalue weighted by Crippen LogP contribution is 2.26. The minimum atomic E-state index is -0.133. The summed E-state index contributed by atoms with van der Waals surface area (Å²) in [5.41, 5.74) is 7.23. The van der Waals surface area contributed by atoms with Crippen LogP contribution in [0.4, 0.5) is 5.95 Å².